The number of amides is 1. The van der Waals surface area contributed by atoms with Crippen LogP contribution in [0.1, 0.15) is 27.7 Å². The Kier molecular flexibility index (Phi) is 3.97. The van der Waals surface area contributed by atoms with Crippen LogP contribution in [-0.4, -0.2) is 36.9 Å². The number of benzene rings is 1. The molecule has 7 heteroatoms. The summed E-state index contributed by atoms with van der Waals surface area (Å²) in [6.07, 6.45) is 0. The Morgan fingerprint density at radius 1 is 1.26 bits per heavy atom. The van der Waals surface area contributed by atoms with Crippen LogP contribution in [0.15, 0.2) is 29.4 Å². The number of H-pyrrole nitrogens is 1. The van der Waals surface area contributed by atoms with Gasteiger partial charge in [0.25, 0.3) is 0 Å². The van der Waals surface area contributed by atoms with Gasteiger partial charge in [-0.25, -0.2) is 4.98 Å². The average Bonchev–Trinajstić information content (AvgIpc) is 2.83. The summed E-state index contributed by atoms with van der Waals surface area (Å²) in [6.45, 7) is 7.70. The maximum Gasteiger partial charge on any atom is 0.233 e. The quantitative estimate of drug-likeness (QED) is 0.722. The molecule has 1 aromatic carbocycles. The molecule has 0 bridgehead atoms. The van der Waals surface area contributed by atoms with E-state index in [2.05, 4.69) is 25.5 Å². The van der Waals surface area contributed by atoms with Gasteiger partial charge in [0, 0.05) is 16.4 Å². The van der Waals surface area contributed by atoms with Gasteiger partial charge in [0.15, 0.2) is 5.65 Å². The van der Waals surface area contributed by atoms with E-state index >= 15 is 0 Å². The predicted molar refractivity (Wildman–Crippen MR) is 92.4 cm³/mol. The molecule has 3 aromatic rings. The summed E-state index contributed by atoms with van der Waals surface area (Å²) < 4.78 is 0. The van der Waals surface area contributed by atoms with Crippen LogP contribution in [0.5, 0.6) is 0 Å². The molecule has 1 atom stereocenters. The van der Waals surface area contributed by atoms with Crippen LogP contribution in [-0.2, 0) is 4.79 Å². The van der Waals surface area contributed by atoms with Gasteiger partial charge in [0.05, 0.1) is 5.25 Å². The number of carbonyl (C=O) groups is 1. The van der Waals surface area contributed by atoms with E-state index in [0.29, 0.717) is 10.8 Å². The van der Waals surface area contributed by atoms with E-state index in [1.54, 1.807) is 0 Å². The van der Waals surface area contributed by atoms with E-state index in [9.17, 15) is 4.79 Å². The summed E-state index contributed by atoms with van der Waals surface area (Å²) >= 11 is 1.30. The van der Waals surface area contributed by atoms with Gasteiger partial charge in [0.1, 0.15) is 5.52 Å². The van der Waals surface area contributed by atoms with Gasteiger partial charge in [-0.1, -0.05) is 30.0 Å². The Morgan fingerprint density at radius 3 is 2.74 bits per heavy atom. The van der Waals surface area contributed by atoms with Gasteiger partial charge >= 0.3 is 0 Å². The van der Waals surface area contributed by atoms with Gasteiger partial charge in [-0.05, 0) is 33.8 Å². The number of aromatic nitrogens is 4. The second-order valence-corrected chi connectivity index (χ2v) is 7.77. The second-order valence-electron chi connectivity index (χ2n) is 6.46. The Balaban J connectivity index is 1.83. The van der Waals surface area contributed by atoms with Crippen molar-refractivity contribution in [3.05, 3.63) is 24.3 Å². The smallest absolute Gasteiger partial charge is 0.233 e. The van der Waals surface area contributed by atoms with Crippen molar-refractivity contribution in [2.75, 3.05) is 0 Å². The van der Waals surface area contributed by atoms with Crippen molar-refractivity contribution >= 4 is 39.7 Å². The number of hydrogen-bond acceptors (Lipinski definition) is 5. The van der Waals surface area contributed by atoms with Gasteiger partial charge in [0.2, 0.25) is 11.1 Å². The van der Waals surface area contributed by atoms with Crippen molar-refractivity contribution in [1.29, 1.82) is 0 Å². The van der Waals surface area contributed by atoms with E-state index in [0.717, 1.165) is 16.4 Å². The highest BCUT2D eigenvalue weighted by Crippen LogP contribution is 2.25. The lowest BCUT2D eigenvalue weighted by atomic mass is 10.1. The number of rotatable bonds is 3. The maximum atomic E-state index is 12.2. The van der Waals surface area contributed by atoms with Crippen LogP contribution in [0.3, 0.4) is 0 Å². The Bertz CT molecular complexity index is 868. The molecule has 1 amide bonds. The first kappa shape index (κ1) is 15.7. The fourth-order valence-corrected chi connectivity index (χ4v) is 2.95. The molecule has 0 aliphatic heterocycles. The first-order valence-corrected chi connectivity index (χ1v) is 8.31. The van der Waals surface area contributed by atoms with E-state index in [1.807, 2.05) is 52.0 Å². The van der Waals surface area contributed by atoms with Crippen LogP contribution >= 0.6 is 11.8 Å². The molecule has 2 N–H and O–H groups in total. The SMILES string of the molecule is C[C@H](Sc1nnc2c(n1)[nH]c1ccccc12)C(=O)NC(C)(C)C. The molecule has 0 radical (unpaired) electrons. The standard InChI is InChI=1S/C16H19N5OS/c1-9(14(22)19-16(2,3)4)23-15-18-13-12(20-21-15)10-7-5-6-8-11(10)17-13/h5-9H,1-4H3,(H,19,22)(H,17,18,21)/t9-/m0/s1. The monoisotopic (exact) mass is 329 g/mol. The molecular weight excluding hydrogens is 310 g/mol. The molecule has 6 nitrogen and oxygen atoms in total. The molecule has 23 heavy (non-hydrogen) atoms. The molecule has 0 spiro atoms. The van der Waals surface area contributed by atoms with Crippen molar-refractivity contribution in [3.63, 3.8) is 0 Å². The Morgan fingerprint density at radius 2 is 2.00 bits per heavy atom. The summed E-state index contributed by atoms with van der Waals surface area (Å²) in [5.74, 6) is -0.0390. The summed E-state index contributed by atoms with van der Waals surface area (Å²) in [7, 11) is 0. The van der Waals surface area contributed by atoms with Crippen molar-refractivity contribution in [1.82, 2.24) is 25.5 Å². The number of para-hydroxylation sites is 1. The topological polar surface area (TPSA) is 83.6 Å². The number of aromatic amines is 1. The molecule has 0 unspecified atom stereocenters. The molecule has 3 rings (SSSR count). The van der Waals surface area contributed by atoms with Crippen molar-refractivity contribution in [3.8, 4) is 0 Å². The number of fused-ring (bicyclic) bond motifs is 3. The zero-order chi connectivity index (χ0) is 16.6. The van der Waals surface area contributed by atoms with Crippen LogP contribution in [0.4, 0.5) is 0 Å². The summed E-state index contributed by atoms with van der Waals surface area (Å²) in [5.41, 5.74) is 2.15. The van der Waals surface area contributed by atoms with Gasteiger partial charge in [-0.3, -0.25) is 4.79 Å². The van der Waals surface area contributed by atoms with E-state index in [1.165, 1.54) is 11.8 Å². The molecule has 120 valence electrons. The Labute approximate surface area is 138 Å². The highest BCUT2D eigenvalue weighted by Gasteiger charge is 2.21. The van der Waals surface area contributed by atoms with Crippen molar-refractivity contribution < 1.29 is 4.79 Å². The molecule has 2 heterocycles. The maximum absolute atomic E-state index is 12.2. The van der Waals surface area contributed by atoms with E-state index in [4.69, 9.17) is 0 Å². The fraction of sp³-hybridized carbons (Fsp3) is 0.375. The lowest BCUT2D eigenvalue weighted by molar-refractivity contribution is -0.121. The first-order valence-electron chi connectivity index (χ1n) is 7.43. The number of hydrogen-bond donors (Lipinski definition) is 2. The fourth-order valence-electron chi connectivity index (χ4n) is 2.24. The number of nitrogens with zero attached hydrogens (tertiary/aromatic N) is 3. The molecular formula is C16H19N5OS. The molecule has 2 aromatic heterocycles. The summed E-state index contributed by atoms with van der Waals surface area (Å²) in [5, 5.41) is 12.6. The van der Waals surface area contributed by atoms with Crippen molar-refractivity contribution in [2.24, 2.45) is 0 Å². The second kappa shape index (κ2) is 5.81. The largest absolute Gasteiger partial charge is 0.351 e. The average molecular weight is 329 g/mol. The molecule has 0 aliphatic carbocycles. The zero-order valence-corrected chi connectivity index (χ0v) is 14.4. The third-order valence-electron chi connectivity index (χ3n) is 3.25. The number of nitrogens with one attached hydrogen (secondary N) is 2. The molecule has 0 fully saturated rings. The minimum absolute atomic E-state index is 0.0390. The lowest BCUT2D eigenvalue weighted by Crippen LogP contribution is -2.44. The van der Waals surface area contributed by atoms with Crippen LogP contribution in [0.25, 0.3) is 22.1 Å². The Hall–Kier alpha value is -2.15. The third-order valence-corrected chi connectivity index (χ3v) is 4.20. The van der Waals surface area contributed by atoms with Crippen LogP contribution in [0, 0.1) is 0 Å². The first-order chi connectivity index (χ1) is 10.8. The summed E-state index contributed by atoms with van der Waals surface area (Å²) in [6, 6.07) is 7.88. The third kappa shape index (κ3) is 3.44. The van der Waals surface area contributed by atoms with Crippen LogP contribution < -0.4 is 5.32 Å². The minimum Gasteiger partial charge on any atom is -0.351 e. The van der Waals surface area contributed by atoms with E-state index < -0.39 is 0 Å². The zero-order valence-electron chi connectivity index (χ0n) is 13.5. The van der Waals surface area contributed by atoms with Crippen molar-refractivity contribution in [2.45, 2.75) is 43.6 Å². The van der Waals surface area contributed by atoms with Gasteiger partial charge < -0.3 is 10.3 Å². The van der Waals surface area contributed by atoms with Gasteiger partial charge in [-0.2, -0.15) is 0 Å². The molecule has 0 saturated carbocycles. The van der Waals surface area contributed by atoms with Crippen LogP contribution in [0.2, 0.25) is 0 Å². The highest BCUT2D eigenvalue weighted by atomic mass is 32.2. The number of carbonyl (C=O) groups excluding carboxylic acids is 1. The minimum atomic E-state index is -0.294. The highest BCUT2D eigenvalue weighted by molar-refractivity contribution is 8.00. The normalized spacial score (nSPS) is 13.4. The number of thioether (sulfide) groups is 1. The lowest BCUT2D eigenvalue weighted by Gasteiger charge is -2.22. The summed E-state index contributed by atoms with van der Waals surface area (Å²) in [4.78, 5) is 19.9. The van der Waals surface area contributed by atoms with E-state index in [-0.39, 0.29) is 16.7 Å². The molecule has 0 aliphatic rings. The predicted octanol–water partition coefficient (Wildman–Crippen LogP) is 2.90. The molecule has 0 saturated heterocycles. The van der Waals surface area contributed by atoms with Gasteiger partial charge in [-0.15, -0.1) is 10.2 Å².